The van der Waals surface area contributed by atoms with Crippen LogP contribution in [0.3, 0.4) is 0 Å². The third-order valence-corrected chi connectivity index (χ3v) is 2.55. The van der Waals surface area contributed by atoms with Crippen molar-refractivity contribution in [3.63, 3.8) is 0 Å². The van der Waals surface area contributed by atoms with E-state index in [0.29, 0.717) is 11.5 Å². The predicted octanol–water partition coefficient (Wildman–Crippen LogP) is -0.102. The molecule has 0 bridgehead atoms. The summed E-state index contributed by atoms with van der Waals surface area (Å²) in [6, 6.07) is 5.35. The van der Waals surface area contributed by atoms with Gasteiger partial charge in [0.05, 0.1) is 12.7 Å². The zero-order chi connectivity index (χ0) is 13.7. The molecule has 1 aromatic rings. The lowest BCUT2D eigenvalue weighted by Crippen LogP contribution is -2.32. The van der Waals surface area contributed by atoms with Crippen LogP contribution < -0.4 is 14.8 Å². The normalized spacial score (nSPS) is 14.6. The topological polar surface area (TPSA) is 88.0 Å². The number of hydrogen-bond acceptors (Lipinski definition) is 5. The molecular formula is C13H15NO5. The molecule has 0 saturated heterocycles. The number of hydrogen-bond donors (Lipinski definition) is 3. The number of nitrogens with one attached hydrogen (secondary N) is 1. The van der Waals surface area contributed by atoms with Gasteiger partial charge in [-0.25, -0.2) is 0 Å². The quantitative estimate of drug-likeness (QED) is 0.647. The van der Waals surface area contributed by atoms with E-state index in [1.165, 1.54) is 6.08 Å². The highest BCUT2D eigenvalue weighted by Crippen LogP contribution is 2.32. The lowest BCUT2D eigenvalue weighted by atomic mass is 10.2. The Labute approximate surface area is 110 Å². The molecule has 0 radical (unpaired) electrons. The molecule has 0 aromatic heterocycles. The number of amides is 1. The van der Waals surface area contributed by atoms with Gasteiger partial charge in [-0.2, -0.15) is 0 Å². The van der Waals surface area contributed by atoms with Crippen molar-refractivity contribution in [1.29, 1.82) is 0 Å². The van der Waals surface area contributed by atoms with Crippen LogP contribution in [0.2, 0.25) is 0 Å². The second-order valence-corrected chi connectivity index (χ2v) is 4.03. The van der Waals surface area contributed by atoms with Crippen molar-refractivity contribution in [2.24, 2.45) is 0 Å². The number of ether oxygens (including phenoxy) is 2. The number of carbonyl (C=O) groups excluding carboxylic acids is 1. The first-order valence-corrected chi connectivity index (χ1v) is 5.83. The highest BCUT2D eigenvalue weighted by Gasteiger charge is 2.12. The number of benzene rings is 1. The molecule has 6 nitrogen and oxygen atoms in total. The maximum Gasteiger partial charge on any atom is 0.244 e. The van der Waals surface area contributed by atoms with Gasteiger partial charge < -0.3 is 25.0 Å². The molecule has 1 aliphatic rings. The summed E-state index contributed by atoms with van der Waals surface area (Å²) in [5.74, 6) is 0.996. The molecule has 0 saturated carbocycles. The van der Waals surface area contributed by atoms with Crippen LogP contribution in [-0.2, 0) is 4.79 Å². The largest absolute Gasteiger partial charge is 0.454 e. The minimum absolute atomic E-state index is 0.0147. The van der Waals surface area contributed by atoms with Crippen LogP contribution in [0.4, 0.5) is 0 Å². The average Bonchev–Trinajstić information content (AvgIpc) is 2.89. The van der Waals surface area contributed by atoms with Crippen molar-refractivity contribution in [2.45, 2.75) is 6.10 Å². The monoisotopic (exact) mass is 265 g/mol. The van der Waals surface area contributed by atoms with E-state index >= 15 is 0 Å². The fourth-order valence-corrected chi connectivity index (χ4v) is 1.53. The molecule has 102 valence electrons. The molecule has 1 unspecified atom stereocenters. The molecule has 1 heterocycles. The highest BCUT2D eigenvalue weighted by molar-refractivity contribution is 5.91. The zero-order valence-electron chi connectivity index (χ0n) is 10.2. The van der Waals surface area contributed by atoms with Crippen LogP contribution >= 0.6 is 0 Å². The smallest absolute Gasteiger partial charge is 0.244 e. The minimum atomic E-state index is -0.942. The summed E-state index contributed by atoms with van der Waals surface area (Å²) in [5, 5.41) is 20.1. The van der Waals surface area contributed by atoms with Gasteiger partial charge in [0.1, 0.15) is 0 Å². The summed E-state index contributed by atoms with van der Waals surface area (Å²) in [5.41, 5.74) is 0.808. The van der Waals surface area contributed by atoms with Gasteiger partial charge in [0.2, 0.25) is 12.7 Å². The van der Waals surface area contributed by atoms with E-state index in [1.807, 2.05) is 0 Å². The lowest BCUT2D eigenvalue weighted by molar-refractivity contribution is -0.117. The van der Waals surface area contributed by atoms with Gasteiger partial charge in [0, 0.05) is 12.6 Å². The first kappa shape index (κ1) is 13.4. The molecular weight excluding hydrogens is 250 g/mol. The molecule has 6 heteroatoms. The Hall–Kier alpha value is -2.05. The Balaban J connectivity index is 1.89. The van der Waals surface area contributed by atoms with E-state index < -0.39 is 6.10 Å². The summed E-state index contributed by atoms with van der Waals surface area (Å²) < 4.78 is 10.4. The summed E-state index contributed by atoms with van der Waals surface area (Å²) in [6.07, 6.45) is 2.03. The van der Waals surface area contributed by atoms with Crippen molar-refractivity contribution in [3.8, 4) is 11.5 Å². The predicted molar refractivity (Wildman–Crippen MR) is 67.7 cm³/mol. The van der Waals surface area contributed by atoms with Crippen molar-refractivity contribution in [2.75, 3.05) is 19.9 Å². The molecule has 1 amide bonds. The molecule has 2 rings (SSSR count). The number of aliphatic hydroxyl groups is 2. The van der Waals surface area contributed by atoms with Crippen LogP contribution in [0, 0.1) is 0 Å². The average molecular weight is 265 g/mol. The standard InChI is InChI=1S/C13H15NO5/c15-7-10(16)6-14-13(17)4-2-9-1-3-11-12(5-9)19-8-18-11/h1-5,10,15-16H,6-8H2,(H,14,17). The van der Waals surface area contributed by atoms with E-state index in [2.05, 4.69) is 5.32 Å². The summed E-state index contributed by atoms with van der Waals surface area (Å²) in [7, 11) is 0. The fraction of sp³-hybridized carbons (Fsp3) is 0.308. The maximum absolute atomic E-state index is 11.4. The third kappa shape index (κ3) is 3.70. The summed E-state index contributed by atoms with van der Waals surface area (Å²) in [4.78, 5) is 11.4. The minimum Gasteiger partial charge on any atom is -0.454 e. The van der Waals surface area contributed by atoms with Gasteiger partial charge in [-0.15, -0.1) is 0 Å². The van der Waals surface area contributed by atoms with Crippen molar-refractivity contribution >= 4 is 12.0 Å². The van der Waals surface area contributed by atoms with Crippen molar-refractivity contribution in [3.05, 3.63) is 29.8 Å². The van der Waals surface area contributed by atoms with Gasteiger partial charge >= 0.3 is 0 Å². The summed E-state index contributed by atoms with van der Waals surface area (Å²) in [6.45, 7) is -0.158. The second kappa shape index (κ2) is 6.21. The first-order chi connectivity index (χ1) is 9.19. The van der Waals surface area contributed by atoms with Gasteiger partial charge in [-0.3, -0.25) is 4.79 Å². The number of carbonyl (C=O) groups is 1. The second-order valence-electron chi connectivity index (χ2n) is 4.03. The first-order valence-electron chi connectivity index (χ1n) is 5.83. The van der Waals surface area contributed by atoms with E-state index in [4.69, 9.17) is 19.7 Å². The van der Waals surface area contributed by atoms with E-state index in [0.717, 1.165) is 5.56 Å². The van der Waals surface area contributed by atoms with Gasteiger partial charge in [0.25, 0.3) is 0 Å². The summed E-state index contributed by atoms with van der Waals surface area (Å²) >= 11 is 0. The molecule has 0 fully saturated rings. The Kier molecular flexibility index (Phi) is 4.38. The van der Waals surface area contributed by atoms with Crippen molar-refractivity contribution < 1.29 is 24.5 Å². The van der Waals surface area contributed by atoms with E-state index in [1.54, 1.807) is 24.3 Å². The van der Waals surface area contributed by atoms with Crippen molar-refractivity contribution in [1.82, 2.24) is 5.32 Å². The Morgan fingerprint density at radius 2 is 2.21 bits per heavy atom. The molecule has 1 aromatic carbocycles. The van der Waals surface area contributed by atoms with Gasteiger partial charge in [-0.1, -0.05) is 6.07 Å². The molecule has 1 atom stereocenters. The Morgan fingerprint density at radius 3 is 3.00 bits per heavy atom. The molecule has 19 heavy (non-hydrogen) atoms. The van der Waals surface area contributed by atoms with Crippen LogP contribution in [0.25, 0.3) is 6.08 Å². The highest BCUT2D eigenvalue weighted by atomic mass is 16.7. The van der Waals surface area contributed by atoms with Gasteiger partial charge in [0.15, 0.2) is 11.5 Å². The van der Waals surface area contributed by atoms with Crippen LogP contribution in [0.1, 0.15) is 5.56 Å². The Morgan fingerprint density at radius 1 is 1.42 bits per heavy atom. The molecule has 3 N–H and O–H groups in total. The lowest BCUT2D eigenvalue weighted by Gasteiger charge is -2.06. The third-order valence-electron chi connectivity index (χ3n) is 2.55. The SMILES string of the molecule is O=C(C=Cc1ccc2c(c1)OCO2)NCC(O)CO. The number of fused-ring (bicyclic) bond motifs is 1. The molecule has 0 spiro atoms. The maximum atomic E-state index is 11.4. The van der Waals surface area contributed by atoms with Crippen LogP contribution in [-0.4, -0.2) is 42.2 Å². The van der Waals surface area contributed by atoms with Gasteiger partial charge in [-0.05, 0) is 23.8 Å². The molecule has 1 aliphatic heterocycles. The van der Waals surface area contributed by atoms with Crippen LogP contribution in [0.5, 0.6) is 11.5 Å². The van der Waals surface area contributed by atoms with Crippen LogP contribution in [0.15, 0.2) is 24.3 Å². The van der Waals surface area contributed by atoms with E-state index in [9.17, 15) is 4.79 Å². The fourth-order valence-electron chi connectivity index (χ4n) is 1.53. The van der Waals surface area contributed by atoms with E-state index in [-0.39, 0.29) is 25.9 Å². The Bertz CT molecular complexity index is 486. The molecule has 0 aliphatic carbocycles. The zero-order valence-corrected chi connectivity index (χ0v) is 10.2. The number of aliphatic hydroxyl groups excluding tert-OH is 2. The number of rotatable bonds is 5.